The van der Waals surface area contributed by atoms with Crippen molar-refractivity contribution >= 4 is 5.78 Å². The van der Waals surface area contributed by atoms with Crippen LogP contribution in [-0.2, 0) is 4.79 Å². The van der Waals surface area contributed by atoms with Gasteiger partial charge in [-0.1, -0.05) is 50.5 Å². The Kier molecular flexibility index (Phi) is 7.14. The number of hydrogen-bond acceptors (Lipinski definition) is 4. The summed E-state index contributed by atoms with van der Waals surface area (Å²) in [6.07, 6.45) is 14.0. The molecule has 4 heteroatoms. The summed E-state index contributed by atoms with van der Waals surface area (Å²) in [6, 6.07) is 0. The molecule has 0 aromatic carbocycles. The van der Waals surface area contributed by atoms with Gasteiger partial charge in [-0.05, 0) is 86.2 Å². The van der Waals surface area contributed by atoms with E-state index in [2.05, 4.69) is 26.0 Å². The summed E-state index contributed by atoms with van der Waals surface area (Å²) in [5.74, 6) is 1.33. The van der Waals surface area contributed by atoms with Gasteiger partial charge in [-0.2, -0.15) is 0 Å². The van der Waals surface area contributed by atoms with Crippen LogP contribution in [0.3, 0.4) is 0 Å². The highest BCUT2D eigenvalue weighted by Gasteiger charge is 2.52. The van der Waals surface area contributed by atoms with Crippen molar-refractivity contribution in [2.75, 3.05) is 0 Å². The molecule has 4 nitrogen and oxygen atoms in total. The summed E-state index contributed by atoms with van der Waals surface area (Å²) in [7, 11) is 0. The van der Waals surface area contributed by atoms with Crippen molar-refractivity contribution in [2.45, 2.75) is 103 Å². The summed E-state index contributed by atoms with van der Waals surface area (Å²) >= 11 is 0. The molecule has 3 N–H and O–H groups in total. The molecule has 0 aliphatic heterocycles. The normalized spacial score (nSPS) is 41.1. The highest BCUT2D eigenvalue weighted by atomic mass is 16.3. The van der Waals surface area contributed by atoms with Crippen LogP contribution in [0.25, 0.3) is 0 Å². The molecule has 0 radical (unpaired) electrons. The van der Waals surface area contributed by atoms with Crippen molar-refractivity contribution in [3.05, 3.63) is 34.9 Å². The second-order valence-corrected chi connectivity index (χ2v) is 11.3. The van der Waals surface area contributed by atoms with E-state index in [9.17, 15) is 20.1 Å². The Hall–Kier alpha value is -1.23. The molecule has 0 aromatic rings. The van der Waals surface area contributed by atoms with Gasteiger partial charge in [0.15, 0.2) is 5.78 Å². The van der Waals surface area contributed by atoms with Gasteiger partial charge < -0.3 is 15.3 Å². The molecule has 32 heavy (non-hydrogen) atoms. The second-order valence-electron chi connectivity index (χ2n) is 11.3. The van der Waals surface area contributed by atoms with Gasteiger partial charge in [0.05, 0.1) is 12.2 Å². The molecule has 0 amide bonds. The maximum absolute atomic E-state index is 13.0. The van der Waals surface area contributed by atoms with E-state index in [0.717, 1.165) is 56.1 Å². The van der Waals surface area contributed by atoms with E-state index in [1.54, 1.807) is 0 Å². The molecule has 4 fully saturated rings. The minimum Gasteiger partial charge on any atom is -0.393 e. The van der Waals surface area contributed by atoms with Crippen molar-refractivity contribution in [1.82, 2.24) is 0 Å². The van der Waals surface area contributed by atoms with E-state index >= 15 is 0 Å². The van der Waals surface area contributed by atoms with Crippen LogP contribution in [0, 0.1) is 29.1 Å². The first-order chi connectivity index (χ1) is 15.2. The molecule has 7 atom stereocenters. The smallest absolute Gasteiger partial charge is 0.164 e. The lowest BCUT2D eigenvalue weighted by molar-refractivity contribution is -0.134. The Balaban J connectivity index is 1.51. The average Bonchev–Trinajstić information content (AvgIpc) is 3.49. The lowest BCUT2D eigenvalue weighted by atomic mass is 9.60. The van der Waals surface area contributed by atoms with Gasteiger partial charge in [0.1, 0.15) is 6.10 Å². The third-order valence-corrected chi connectivity index (χ3v) is 9.16. The summed E-state index contributed by atoms with van der Waals surface area (Å²) in [5, 5.41) is 31.0. The quantitative estimate of drug-likeness (QED) is 0.548. The van der Waals surface area contributed by atoms with E-state index in [1.165, 1.54) is 5.57 Å². The van der Waals surface area contributed by atoms with Crippen LogP contribution in [0.1, 0.15) is 85.0 Å². The van der Waals surface area contributed by atoms with E-state index in [1.807, 2.05) is 13.0 Å². The molecule has 3 unspecified atom stereocenters. The van der Waals surface area contributed by atoms with Gasteiger partial charge in [0, 0.05) is 12.3 Å². The number of carbonyl (C=O) groups is 1. The zero-order valence-corrected chi connectivity index (χ0v) is 20.1. The Morgan fingerprint density at radius 2 is 1.94 bits per heavy atom. The second kappa shape index (κ2) is 9.56. The van der Waals surface area contributed by atoms with Gasteiger partial charge in [-0.15, -0.1) is 0 Å². The standard InChI is InChI=1S/C28H42O4/c1-4-22-20(15-21(29)16-25(22)30)10-9-19-6-5-13-28(3)23(11-12-24(19)28)17(2)27(32)26(31)14-18-7-8-18/h4,9-10,17-18,21,23-26,29-31H,5-8,11-16H2,1-3H3/b19-9+,20-10-,22-4+/t17?,21-,23-,24?,25+,26?,28-/m1/s1. The summed E-state index contributed by atoms with van der Waals surface area (Å²) in [5.41, 5.74) is 3.54. The monoisotopic (exact) mass is 442 g/mol. The van der Waals surface area contributed by atoms with Gasteiger partial charge in [0.25, 0.3) is 0 Å². The highest BCUT2D eigenvalue weighted by molar-refractivity contribution is 5.85. The molecule has 0 heterocycles. The van der Waals surface area contributed by atoms with Gasteiger partial charge in [-0.3, -0.25) is 4.79 Å². The van der Waals surface area contributed by atoms with Crippen molar-refractivity contribution in [3.8, 4) is 0 Å². The minimum atomic E-state index is -0.785. The van der Waals surface area contributed by atoms with Crippen LogP contribution >= 0.6 is 0 Å². The highest BCUT2D eigenvalue weighted by Crippen LogP contribution is 2.59. The lowest BCUT2D eigenvalue weighted by Gasteiger charge is -2.44. The van der Waals surface area contributed by atoms with Crippen molar-refractivity contribution in [2.24, 2.45) is 29.1 Å². The first-order valence-corrected chi connectivity index (χ1v) is 12.9. The topological polar surface area (TPSA) is 77.8 Å². The summed E-state index contributed by atoms with van der Waals surface area (Å²) in [4.78, 5) is 13.0. The Morgan fingerprint density at radius 1 is 1.19 bits per heavy atom. The van der Waals surface area contributed by atoms with E-state index in [-0.39, 0.29) is 17.1 Å². The molecule has 0 spiro atoms. The van der Waals surface area contributed by atoms with Crippen molar-refractivity contribution in [3.63, 3.8) is 0 Å². The molecule has 178 valence electrons. The molecular formula is C28H42O4. The third-order valence-electron chi connectivity index (χ3n) is 9.16. The van der Waals surface area contributed by atoms with Gasteiger partial charge in [-0.25, -0.2) is 0 Å². The number of aliphatic hydroxyl groups is 3. The number of rotatable bonds is 6. The van der Waals surface area contributed by atoms with Crippen molar-refractivity contribution in [1.29, 1.82) is 0 Å². The molecule has 4 aliphatic rings. The van der Waals surface area contributed by atoms with Crippen LogP contribution in [0.2, 0.25) is 0 Å². The van der Waals surface area contributed by atoms with Crippen LogP contribution in [-0.4, -0.2) is 39.4 Å². The molecular weight excluding hydrogens is 400 g/mol. The molecule has 4 saturated carbocycles. The SMILES string of the molecule is C\C=C1/C(=C\C=C2/CCC[C@@]3(C)C2CC[C@@H]3C(C)C(=O)C(O)CC2CC2)C[C@@H](O)C[C@@H]1O. The predicted molar refractivity (Wildman–Crippen MR) is 127 cm³/mol. The fourth-order valence-electron chi connectivity index (χ4n) is 7.19. The van der Waals surface area contributed by atoms with Crippen LogP contribution in [0.5, 0.6) is 0 Å². The average molecular weight is 443 g/mol. The Labute approximate surface area is 193 Å². The maximum Gasteiger partial charge on any atom is 0.164 e. The lowest BCUT2D eigenvalue weighted by Crippen LogP contribution is -2.40. The number of aliphatic hydroxyl groups excluding tert-OH is 3. The fourth-order valence-corrected chi connectivity index (χ4v) is 7.19. The Morgan fingerprint density at radius 3 is 2.62 bits per heavy atom. The molecule has 0 aromatic heterocycles. The minimum absolute atomic E-state index is 0.0601. The van der Waals surface area contributed by atoms with E-state index in [0.29, 0.717) is 37.0 Å². The van der Waals surface area contributed by atoms with E-state index in [4.69, 9.17) is 0 Å². The third kappa shape index (κ3) is 4.69. The first kappa shape index (κ1) is 23.9. The fraction of sp³-hybridized carbons (Fsp3) is 0.750. The number of hydrogen-bond donors (Lipinski definition) is 3. The summed E-state index contributed by atoms with van der Waals surface area (Å²) in [6.45, 7) is 6.38. The summed E-state index contributed by atoms with van der Waals surface area (Å²) < 4.78 is 0. The number of allylic oxidation sites excluding steroid dienone is 4. The van der Waals surface area contributed by atoms with Crippen molar-refractivity contribution < 1.29 is 20.1 Å². The molecule has 4 aliphatic carbocycles. The number of ketones is 1. The predicted octanol–water partition coefficient (Wildman–Crippen LogP) is 4.88. The zero-order chi connectivity index (χ0) is 23.0. The molecule has 0 saturated heterocycles. The van der Waals surface area contributed by atoms with Crippen LogP contribution in [0.4, 0.5) is 0 Å². The Bertz CT molecular complexity index is 804. The van der Waals surface area contributed by atoms with E-state index < -0.39 is 18.3 Å². The van der Waals surface area contributed by atoms with Crippen LogP contribution < -0.4 is 0 Å². The maximum atomic E-state index is 13.0. The van der Waals surface area contributed by atoms with Gasteiger partial charge in [0.2, 0.25) is 0 Å². The number of fused-ring (bicyclic) bond motifs is 1. The zero-order valence-electron chi connectivity index (χ0n) is 20.1. The first-order valence-electron chi connectivity index (χ1n) is 12.9. The van der Waals surface area contributed by atoms with Gasteiger partial charge >= 0.3 is 0 Å². The number of carbonyl (C=O) groups excluding carboxylic acids is 1. The largest absolute Gasteiger partial charge is 0.393 e. The molecule has 4 rings (SSSR count). The number of Topliss-reactive ketones (excluding diaryl/α,β-unsaturated/α-hetero) is 1. The molecule has 0 bridgehead atoms. The van der Waals surface area contributed by atoms with Crippen LogP contribution in [0.15, 0.2) is 34.9 Å².